The number of pyridine rings is 1. The summed E-state index contributed by atoms with van der Waals surface area (Å²) in [5.74, 6) is 1.17. The monoisotopic (exact) mass is 304 g/mol. The van der Waals surface area contributed by atoms with Crippen LogP contribution in [0.25, 0.3) is 10.9 Å². The van der Waals surface area contributed by atoms with Gasteiger partial charge in [-0.2, -0.15) is 0 Å². The molecule has 0 bridgehead atoms. The first-order chi connectivity index (χ1) is 10.1. The molecule has 1 atom stereocenters. The smallest absolute Gasteiger partial charge is 0.101 e. The number of para-hydroxylation sites is 1. The number of hydrogen-bond donors (Lipinski definition) is 2. The van der Waals surface area contributed by atoms with Gasteiger partial charge in [0.2, 0.25) is 0 Å². The van der Waals surface area contributed by atoms with Crippen molar-refractivity contribution in [3.05, 3.63) is 35.9 Å². The Morgan fingerprint density at radius 3 is 2.71 bits per heavy atom. The third kappa shape index (κ3) is 4.70. The van der Waals surface area contributed by atoms with Crippen LogP contribution in [-0.4, -0.2) is 28.5 Å². The summed E-state index contributed by atoms with van der Waals surface area (Å²) < 4.78 is 0. The van der Waals surface area contributed by atoms with Crippen LogP contribution < -0.4 is 5.32 Å². The molecule has 2 N–H and O–H groups in total. The molecule has 0 radical (unpaired) electrons. The second-order valence-electron chi connectivity index (χ2n) is 5.78. The number of aliphatic hydroxyl groups excluding tert-OH is 1. The maximum absolute atomic E-state index is 9.18. The maximum atomic E-state index is 9.18. The molecule has 1 heterocycles. The summed E-state index contributed by atoms with van der Waals surface area (Å²) in [4.78, 5) is 4.80. The second kappa shape index (κ2) is 7.78. The quantitative estimate of drug-likeness (QED) is 0.769. The first kappa shape index (κ1) is 16.3. The Labute approximate surface area is 131 Å². The standard InChI is InChI=1S/C17H24N2OS/c1-12(2)18-9-15-8-14-6-4-5-7-16(14)19-17(15)21-11-13(3)10-20/h4-8,12-13,18,20H,9-11H2,1-3H3. The van der Waals surface area contributed by atoms with Crippen LogP contribution in [0.2, 0.25) is 0 Å². The van der Waals surface area contributed by atoms with Gasteiger partial charge in [0.1, 0.15) is 5.03 Å². The van der Waals surface area contributed by atoms with Gasteiger partial charge in [0.25, 0.3) is 0 Å². The van der Waals surface area contributed by atoms with Crippen LogP contribution in [0, 0.1) is 5.92 Å². The molecule has 0 aliphatic rings. The van der Waals surface area contributed by atoms with Gasteiger partial charge in [-0.1, -0.05) is 39.0 Å². The van der Waals surface area contributed by atoms with Gasteiger partial charge >= 0.3 is 0 Å². The van der Waals surface area contributed by atoms with Crippen molar-refractivity contribution >= 4 is 22.7 Å². The molecule has 114 valence electrons. The second-order valence-corrected chi connectivity index (χ2v) is 6.79. The third-order valence-corrected chi connectivity index (χ3v) is 4.64. The van der Waals surface area contributed by atoms with Crippen molar-refractivity contribution in [2.75, 3.05) is 12.4 Å². The molecular formula is C17H24N2OS. The van der Waals surface area contributed by atoms with Crippen molar-refractivity contribution in [1.29, 1.82) is 0 Å². The van der Waals surface area contributed by atoms with E-state index >= 15 is 0 Å². The van der Waals surface area contributed by atoms with E-state index in [0.717, 1.165) is 22.8 Å². The maximum Gasteiger partial charge on any atom is 0.101 e. The van der Waals surface area contributed by atoms with Gasteiger partial charge in [-0.25, -0.2) is 4.98 Å². The molecule has 4 heteroatoms. The fourth-order valence-electron chi connectivity index (χ4n) is 1.98. The predicted molar refractivity (Wildman–Crippen MR) is 90.7 cm³/mol. The molecule has 0 amide bonds. The number of aromatic nitrogens is 1. The number of fused-ring (bicyclic) bond motifs is 1. The largest absolute Gasteiger partial charge is 0.396 e. The van der Waals surface area contributed by atoms with Crippen LogP contribution in [0.1, 0.15) is 26.3 Å². The van der Waals surface area contributed by atoms with E-state index in [0.29, 0.717) is 6.04 Å². The molecule has 0 aliphatic carbocycles. The summed E-state index contributed by atoms with van der Waals surface area (Å²) in [6, 6.07) is 10.9. The highest BCUT2D eigenvalue weighted by Crippen LogP contribution is 2.26. The van der Waals surface area contributed by atoms with Crippen molar-refractivity contribution < 1.29 is 5.11 Å². The number of rotatable bonds is 7. The van der Waals surface area contributed by atoms with Gasteiger partial charge < -0.3 is 10.4 Å². The molecule has 0 aliphatic heterocycles. The van der Waals surface area contributed by atoms with Gasteiger partial charge in [-0.3, -0.25) is 0 Å². The topological polar surface area (TPSA) is 45.2 Å². The first-order valence-corrected chi connectivity index (χ1v) is 8.44. The van der Waals surface area contributed by atoms with E-state index in [1.807, 2.05) is 12.1 Å². The highest BCUT2D eigenvalue weighted by atomic mass is 32.2. The summed E-state index contributed by atoms with van der Waals surface area (Å²) in [5.41, 5.74) is 2.27. The number of nitrogens with zero attached hydrogens (tertiary/aromatic N) is 1. The fraction of sp³-hybridized carbons (Fsp3) is 0.471. The van der Waals surface area contributed by atoms with Crippen molar-refractivity contribution in [3.8, 4) is 0 Å². The van der Waals surface area contributed by atoms with Crippen LogP contribution in [-0.2, 0) is 6.54 Å². The van der Waals surface area contributed by atoms with Crippen LogP contribution in [0.5, 0.6) is 0 Å². The lowest BCUT2D eigenvalue weighted by atomic mass is 10.1. The molecule has 1 unspecified atom stereocenters. The van der Waals surface area contributed by atoms with Crippen LogP contribution >= 0.6 is 11.8 Å². The molecule has 1 aromatic carbocycles. The summed E-state index contributed by atoms with van der Waals surface area (Å²) in [6.07, 6.45) is 0. The molecule has 0 saturated carbocycles. The molecule has 3 nitrogen and oxygen atoms in total. The molecule has 0 fully saturated rings. The number of nitrogens with one attached hydrogen (secondary N) is 1. The molecule has 21 heavy (non-hydrogen) atoms. The first-order valence-electron chi connectivity index (χ1n) is 7.46. The lowest BCUT2D eigenvalue weighted by Crippen LogP contribution is -2.22. The molecule has 2 rings (SSSR count). The minimum Gasteiger partial charge on any atom is -0.396 e. The molecular weight excluding hydrogens is 280 g/mol. The Morgan fingerprint density at radius 2 is 2.00 bits per heavy atom. The van der Waals surface area contributed by atoms with Gasteiger partial charge in [0.15, 0.2) is 0 Å². The average Bonchev–Trinajstić information content (AvgIpc) is 2.49. The summed E-state index contributed by atoms with van der Waals surface area (Å²) in [5, 5.41) is 14.9. The van der Waals surface area contributed by atoms with E-state index < -0.39 is 0 Å². The molecule has 1 aromatic heterocycles. The van der Waals surface area contributed by atoms with E-state index in [1.54, 1.807) is 11.8 Å². The Kier molecular flexibility index (Phi) is 6.03. The summed E-state index contributed by atoms with van der Waals surface area (Å²) in [7, 11) is 0. The van der Waals surface area contributed by atoms with Crippen molar-refractivity contribution in [1.82, 2.24) is 10.3 Å². The van der Waals surface area contributed by atoms with E-state index in [2.05, 4.69) is 44.3 Å². The van der Waals surface area contributed by atoms with E-state index in [1.165, 1.54) is 10.9 Å². The van der Waals surface area contributed by atoms with Crippen LogP contribution in [0.4, 0.5) is 0 Å². The third-order valence-electron chi connectivity index (χ3n) is 3.28. The zero-order valence-electron chi connectivity index (χ0n) is 13.0. The molecule has 0 saturated heterocycles. The van der Waals surface area contributed by atoms with Crippen molar-refractivity contribution in [2.24, 2.45) is 5.92 Å². The lowest BCUT2D eigenvalue weighted by Gasteiger charge is -2.14. The van der Waals surface area contributed by atoms with Gasteiger partial charge in [-0.05, 0) is 23.6 Å². The number of thioether (sulfide) groups is 1. The van der Waals surface area contributed by atoms with Crippen LogP contribution in [0.15, 0.2) is 35.4 Å². The predicted octanol–water partition coefficient (Wildman–Crippen LogP) is 3.45. The Bertz CT molecular complexity index is 586. The van der Waals surface area contributed by atoms with E-state index in [4.69, 9.17) is 4.98 Å². The normalized spacial score (nSPS) is 13.0. The van der Waals surface area contributed by atoms with Crippen molar-refractivity contribution in [2.45, 2.75) is 38.4 Å². The number of aliphatic hydroxyl groups is 1. The van der Waals surface area contributed by atoms with Crippen molar-refractivity contribution in [3.63, 3.8) is 0 Å². The van der Waals surface area contributed by atoms with Crippen LogP contribution in [0.3, 0.4) is 0 Å². The zero-order valence-corrected chi connectivity index (χ0v) is 13.8. The van der Waals surface area contributed by atoms with E-state index in [9.17, 15) is 5.11 Å². The van der Waals surface area contributed by atoms with Gasteiger partial charge in [0, 0.05) is 30.3 Å². The number of benzene rings is 1. The highest BCUT2D eigenvalue weighted by Gasteiger charge is 2.10. The lowest BCUT2D eigenvalue weighted by molar-refractivity contribution is 0.250. The SMILES string of the molecule is CC(CO)CSc1nc2ccccc2cc1CNC(C)C. The van der Waals surface area contributed by atoms with E-state index in [-0.39, 0.29) is 12.5 Å². The Balaban J connectivity index is 2.27. The average molecular weight is 304 g/mol. The fourth-order valence-corrected chi connectivity index (χ4v) is 3.01. The van der Waals surface area contributed by atoms with Gasteiger partial charge in [0.05, 0.1) is 5.52 Å². The zero-order chi connectivity index (χ0) is 15.2. The Morgan fingerprint density at radius 1 is 1.24 bits per heavy atom. The molecule has 0 spiro atoms. The van der Waals surface area contributed by atoms with Gasteiger partial charge in [-0.15, -0.1) is 11.8 Å². The Hall–Kier alpha value is -1.10. The number of hydrogen-bond acceptors (Lipinski definition) is 4. The highest BCUT2D eigenvalue weighted by molar-refractivity contribution is 7.99. The molecule has 2 aromatic rings. The minimum absolute atomic E-state index is 0.222. The summed E-state index contributed by atoms with van der Waals surface area (Å²) in [6.45, 7) is 7.40. The summed E-state index contributed by atoms with van der Waals surface area (Å²) >= 11 is 1.74. The minimum atomic E-state index is 0.222.